The van der Waals surface area contributed by atoms with Crippen molar-refractivity contribution >= 4 is 46.2 Å². The van der Waals surface area contributed by atoms with Gasteiger partial charge < -0.3 is 14.0 Å². The predicted octanol–water partition coefficient (Wildman–Crippen LogP) is 5.88. The maximum atomic E-state index is 12.5. The van der Waals surface area contributed by atoms with Gasteiger partial charge in [-0.3, -0.25) is 4.79 Å². The number of carbonyl (C=O) groups is 2. The van der Waals surface area contributed by atoms with Crippen molar-refractivity contribution in [1.82, 2.24) is 4.57 Å². The highest BCUT2D eigenvalue weighted by Gasteiger charge is 2.22. The molecule has 0 bridgehead atoms. The Morgan fingerprint density at radius 3 is 2.37 bits per heavy atom. The predicted molar refractivity (Wildman–Crippen MR) is 119 cm³/mol. The van der Waals surface area contributed by atoms with Gasteiger partial charge in [-0.2, -0.15) is 0 Å². The van der Waals surface area contributed by atoms with Gasteiger partial charge in [0.15, 0.2) is 0 Å². The van der Waals surface area contributed by atoms with Crippen LogP contribution in [0.3, 0.4) is 0 Å². The molecule has 0 saturated carbocycles. The van der Waals surface area contributed by atoms with Gasteiger partial charge in [0.05, 0.1) is 12.7 Å². The average Bonchev–Trinajstić information content (AvgIpc) is 2.92. The molecule has 0 saturated heterocycles. The fourth-order valence-electron chi connectivity index (χ4n) is 3.15. The zero-order valence-corrected chi connectivity index (χ0v) is 19.2. The first-order valence-electron chi connectivity index (χ1n) is 9.45. The third kappa shape index (κ3) is 4.99. The van der Waals surface area contributed by atoms with Crippen molar-refractivity contribution in [3.05, 3.63) is 58.7 Å². The van der Waals surface area contributed by atoms with Crippen molar-refractivity contribution in [2.45, 2.75) is 49.6 Å². The van der Waals surface area contributed by atoms with Crippen LogP contribution in [0.15, 0.2) is 52.3 Å². The number of nitrogens with zero attached hydrogens (tertiary/aromatic N) is 1. The van der Waals surface area contributed by atoms with Crippen molar-refractivity contribution < 1.29 is 19.1 Å². The van der Waals surface area contributed by atoms with E-state index in [1.54, 1.807) is 23.9 Å². The Labute approximate surface area is 185 Å². The Kier molecular flexibility index (Phi) is 6.48. The van der Waals surface area contributed by atoms with Gasteiger partial charge in [-0.05, 0) is 70.2 Å². The lowest BCUT2D eigenvalue weighted by atomic mass is 10.1. The Bertz CT molecular complexity index is 1100. The zero-order valence-electron chi connectivity index (χ0n) is 17.6. The highest BCUT2D eigenvalue weighted by Crippen LogP contribution is 2.39. The number of methoxy groups -OCH3 is 1. The molecule has 3 aromatic rings. The number of benzene rings is 2. The Hall–Kier alpha value is -2.44. The van der Waals surface area contributed by atoms with E-state index in [0.717, 1.165) is 26.4 Å². The molecule has 0 N–H and O–H groups in total. The first-order chi connectivity index (χ1) is 14.1. The molecule has 0 spiro atoms. The Morgan fingerprint density at radius 2 is 1.77 bits per heavy atom. The molecule has 1 heterocycles. The van der Waals surface area contributed by atoms with E-state index in [2.05, 4.69) is 0 Å². The minimum Gasteiger partial charge on any atom is -0.465 e. The molecule has 0 atom stereocenters. The van der Waals surface area contributed by atoms with Crippen molar-refractivity contribution in [3.8, 4) is 0 Å². The second-order valence-corrected chi connectivity index (χ2v) is 9.39. The molecule has 158 valence electrons. The molecule has 0 radical (unpaired) electrons. The minimum absolute atomic E-state index is 0.0817. The third-order valence-electron chi connectivity index (χ3n) is 4.43. The Morgan fingerprint density at radius 1 is 1.10 bits per heavy atom. The molecule has 7 heteroatoms. The van der Waals surface area contributed by atoms with Gasteiger partial charge in [0, 0.05) is 31.4 Å². The normalized spacial score (nSPS) is 11.5. The lowest BCUT2D eigenvalue weighted by molar-refractivity contribution is -0.155. The summed E-state index contributed by atoms with van der Waals surface area (Å²) in [7, 11) is 1.36. The number of rotatable bonds is 5. The summed E-state index contributed by atoms with van der Waals surface area (Å²) < 4.78 is 12.3. The van der Waals surface area contributed by atoms with Gasteiger partial charge in [0.25, 0.3) is 0 Å². The van der Waals surface area contributed by atoms with E-state index in [0.29, 0.717) is 10.6 Å². The van der Waals surface area contributed by atoms with Crippen molar-refractivity contribution in [2.75, 3.05) is 7.11 Å². The number of aromatic nitrogens is 1. The van der Waals surface area contributed by atoms with Crippen molar-refractivity contribution in [1.29, 1.82) is 0 Å². The number of fused-ring (bicyclic) bond motifs is 1. The Balaban J connectivity index is 2.09. The molecular formula is C23H24ClNO4S. The summed E-state index contributed by atoms with van der Waals surface area (Å²) in [6.45, 7) is 7.57. The van der Waals surface area contributed by atoms with E-state index in [1.165, 1.54) is 7.11 Å². The number of carbonyl (C=O) groups excluding carboxylic acids is 2. The van der Waals surface area contributed by atoms with E-state index in [9.17, 15) is 9.59 Å². The smallest absolute Gasteiger partial charge is 0.337 e. The SMILES string of the molecule is COC(=O)c1ccc2c(c1)c(Sc1ccc(Cl)cc1)c(C)n2CC(=O)OC(C)(C)C. The van der Waals surface area contributed by atoms with Crippen LogP contribution >= 0.6 is 23.4 Å². The maximum Gasteiger partial charge on any atom is 0.337 e. The van der Waals surface area contributed by atoms with Gasteiger partial charge >= 0.3 is 11.9 Å². The highest BCUT2D eigenvalue weighted by atomic mass is 35.5. The molecule has 0 unspecified atom stereocenters. The molecule has 2 aromatic carbocycles. The van der Waals surface area contributed by atoms with Crippen molar-refractivity contribution in [2.24, 2.45) is 0 Å². The average molecular weight is 446 g/mol. The fourth-order valence-corrected chi connectivity index (χ4v) is 4.32. The van der Waals surface area contributed by atoms with Gasteiger partial charge in [-0.15, -0.1) is 0 Å². The molecule has 0 aliphatic heterocycles. The van der Waals surface area contributed by atoms with Crippen LogP contribution < -0.4 is 0 Å². The second kappa shape index (κ2) is 8.74. The first-order valence-corrected chi connectivity index (χ1v) is 10.6. The van der Waals surface area contributed by atoms with Crippen LogP contribution in [0.1, 0.15) is 36.8 Å². The molecule has 0 amide bonds. The molecule has 0 aliphatic rings. The van der Waals surface area contributed by atoms with Gasteiger partial charge in [0.1, 0.15) is 12.1 Å². The van der Waals surface area contributed by atoms with Gasteiger partial charge in [0.2, 0.25) is 0 Å². The molecule has 0 fully saturated rings. The zero-order chi connectivity index (χ0) is 22.1. The maximum absolute atomic E-state index is 12.5. The number of hydrogen-bond acceptors (Lipinski definition) is 5. The van der Waals surface area contributed by atoms with Crippen LogP contribution in [0.5, 0.6) is 0 Å². The number of halogens is 1. The summed E-state index contributed by atoms with van der Waals surface area (Å²) in [4.78, 5) is 26.5. The second-order valence-electron chi connectivity index (χ2n) is 7.87. The van der Waals surface area contributed by atoms with Crippen LogP contribution in [-0.2, 0) is 20.8 Å². The molecule has 1 aromatic heterocycles. The van der Waals surface area contributed by atoms with Gasteiger partial charge in [-0.1, -0.05) is 23.4 Å². The monoisotopic (exact) mass is 445 g/mol. The molecule has 0 aliphatic carbocycles. The van der Waals surface area contributed by atoms with E-state index in [-0.39, 0.29) is 12.5 Å². The quantitative estimate of drug-likeness (QED) is 0.459. The summed E-state index contributed by atoms with van der Waals surface area (Å²) in [6, 6.07) is 12.9. The minimum atomic E-state index is -0.563. The highest BCUT2D eigenvalue weighted by molar-refractivity contribution is 7.99. The molecular weight excluding hydrogens is 422 g/mol. The van der Waals surface area contributed by atoms with E-state index < -0.39 is 11.6 Å². The summed E-state index contributed by atoms with van der Waals surface area (Å²) >= 11 is 7.57. The third-order valence-corrected chi connectivity index (χ3v) is 5.91. The van der Waals surface area contributed by atoms with Crippen LogP contribution in [0.2, 0.25) is 5.02 Å². The lowest BCUT2D eigenvalue weighted by Gasteiger charge is -2.20. The summed E-state index contributed by atoms with van der Waals surface area (Å²) in [5, 5.41) is 1.54. The number of ether oxygens (including phenoxy) is 2. The topological polar surface area (TPSA) is 57.5 Å². The van der Waals surface area contributed by atoms with E-state index in [4.69, 9.17) is 21.1 Å². The van der Waals surface area contributed by atoms with Crippen molar-refractivity contribution in [3.63, 3.8) is 0 Å². The molecule has 3 rings (SSSR count). The number of hydrogen-bond donors (Lipinski definition) is 0. The lowest BCUT2D eigenvalue weighted by Crippen LogP contribution is -2.26. The van der Waals surface area contributed by atoms with Crippen LogP contribution in [-0.4, -0.2) is 29.2 Å². The molecule has 30 heavy (non-hydrogen) atoms. The molecule has 5 nitrogen and oxygen atoms in total. The summed E-state index contributed by atoms with van der Waals surface area (Å²) in [5.74, 6) is -0.723. The van der Waals surface area contributed by atoms with Crippen LogP contribution in [0, 0.1) is 6.92 Å². The summed E-state index contributed by atoms with van der Waals surface area (Å²) in [5.41, 5.74) is 1.66. The summed E-state index contributed by atoms with van der Waals surface area (Å²) in [6.07, 6.45) is 0. The van der Waals surface area contributed by atoms with Gasteiger partial charge in [-0.25, -0.2) is 4.79 Å². The first kappa shape index (κ1) is 22.2. The van der Waals surface area contributed by atoms with Crippen LogP contribution in [0.4, 0.5) is 0 Å². The van der Waals surface area contributed by atoms with E-state index in [1.807, 2.05) is 62.6 Å². The van der Waals surface area contributed by atoms with Crippen LogP contribution in [0.25, 0.3) is 10.9 Å². The fraction of sp³-hybridized carbons (Fsp3) is 0.304. The van der Waals surface area contributed by atoms with E-state index >= 15 is 0 Å². The largest absolute Gasteiger partial charge is 0.465 e. The standard InChI is InChI=1S/C23H24ClNO4S/c1-14-21(30-17-9-7-16(24)8-10-17)18-12-15(22(27)28-5)6-11-19(18)25(14)13-20(26)29-23(2,3)4/h6-12H,13H2,1-5H3. The number of esters is 2.